The van der Waals surface area contributed by atoms with Gasteiger partial charge in [-0.15, -0.1) is 5.73 Å². The van der Waals surface area contributed by atoms with Gasteiger partial charge in [0.2, 0.25) is 0 Å². The zero-order chi connectivity index (χ0) is 24.0. The number of nitrogens with two attached hydrogens (primary N) is 1. The molecule has 3 N–H and O–H groups in total. The van der Waals surface area contributed by atoms with Gasteiger partial charge in [-0.05, 0) is 63.2 Å². The SMILES string of the molecule is C=C=C1N(CCC2CCN(C(=O)NCCC3=CC=CCC3C)CC2)C(N)=NC1(C)CC(C)C. The molecule has 2 heterocycles. The Morgan fingerprint density at radius 2 is 2.12 bits per heavy atom. The Morgan fingerprint density at radius 3 is 2.76 bits per heavy atom. The zero-order valence-corrected chi connectivity index (χ0v) is 21.1. The lowest BCUT2D eigenvalue weighted by Gasteiger charge is -2.33. The number of amides is 2. The summed E-state index contributed by atoms with van der Waals surface area (Å²) in [6, 6.07) is 0.0744. The molecule has 1 aliphatic carbocycles. The minimum absolute atomic E-state index is 0.0744. The van der Waals surface area contributed by atoms with E-state index in [0.29, 0.717) is 30.3 Å². The molecule has 182 valence electrons. The third kappa shape index (κ3) is 6.32. The highest BCUT2D eigenvalue weighted by Crippen LogP contribution is 2.36. The minimum atomic E-state index is -0.330. The minimum Gasteiger partial charge on any atom is -0.369 e. The van der Waals surface area contributed by atoms with Crippen molar-refractivity contribution >= 4 is 12.0 Å². The van der Waals surface area contributed by atoms with Crippen molar-refractivity contribution in [1.82, 2.24) is 15.1 Å². The van der Waals surface area contributed by atoms with E-state index in [0.717, 1.165) is 63.9 Å². The summed E-state index contributed by atoms with van der Waals surface area (Å²) in [5, 5.41) is 3.12. The topological polar surface area (TPSA) is 74.0 Å². The molecule has 33 heavy (non-hydrogen) atoms. The standard InChI is InChI=1S/C27H43N5O/c1-6-24-27(5,19-20(2)3)30-25(28)32(24)18-14-22-12-16-31(17-13-22)26(33)29-15-11-23-10-8-7-9-21(23)4/h7-8,10,20-22H,1,9,11-19H2,2-5H3,(H2,28,30)(H,29,33). The van der Waals surface area contributed by atoms with Crippen LogP contribution in [0.4, 0.5) is 4.79 Å². The number of piperidine rings is 1. The molecule has 2 amide bonds. The molecule has 0 spiro atoms. The normalized spacial score (nSPS) is 25.8. The highest BCUT2D eigenvalue weighted by Gasteiger charge is 2.40. The fourth-order valence-electron chi connectivity index (χ4n) is 5.50. The van der Waals surface area contributed by atoms with Gasteiger partial charge < -0.3 is 20.9 Å². The molecule has 6 nitrogen and oxygen atoms in total. The second-order valence-corrected chi connectivity index (χ2v) is 10.5. The predicted molar refractivity (Wildman–Crippen MR) is 137 cm³/mol. The molecule has 1 fully saturated rings. The first-order valence-electron chi connectivity index (χ1n) is 12.6. The molecule has 3 rings (SSSR count). The third-order valence-corrected chi connectivity index (χ3v) is 7.31. The number of allylic oxidation sites excluding steroid dienone is 3. The first-order chi connectivity index (χ1) is 15.7. The maximum absolute atomic E-state index is 12.6. The second-order valence-electron chi connectivity index (χ2n) is 10.5. The number of aliphatic imine (C=N–C) groups is 1. The lowest BCUT2D eigenvalue weighted by atomic mass is 9.88. The highest BCUT2D eigenvalue weighted by atomic mass is 16.2. The van der Waals surface area contributed by atoms with Crippen molar-refractivity contribution < 1.29 is 4.79 Å². The Morgan fingerprint density at radius 1 is 1.39 bits per heavy atom. The summed E-state index contributed by atoms with van der Waals surface area (Å²) in [7, 11) is 0. The Balaban J connectivity index is 1.41. The van der Waals surface area contributed by atoms with Crippen LogP contribution >= 0.6 is 0 Å². The largest absolute Gasteiger partial charge is 0.369 e. The van der Waals surface area contributed by atoms with Crippen molar-refractivity contribution in [2.75, 3.05) is 26.2 Å². The lowest BCUT2D eigenvalue weighted by Crippen LogP contribution is -2.45. The number of carbonyl (C=O) groups is 1. The fourth-order valence-corrected chi connectivity index (χ4v) is 5.50. The van der Waals surface area contributed by atoms with Gasteiger partial charge in [-0.1, -0.05) is 51.2 Å². The maximum atomic E-state index is 12.6. The number of nitrogens with one attached hydrogen (secondary N) is 1. The van der Waals surface area contributed by atoms with Gasteiger partial charge in [0.25, 0.3) is 0 Å². The summed E-state index contributed by atoms with van der Waals surface area (Å²) in [5.41, 5.74) is 11.5. The first-order valence-corrected chi connectivity index (χ1v) is 12.6. The van der Waals surface area contributed by atoms with Crippen LogP contribution in [0.2, 0.25) is 0 Å². The fraction of sp³-hybridized carbons (Fsp3) is 0.667. The number of hydrogen-bond acceptors (Lipinski definition) is 4. The van der Waals surface area contributed by atoms with Crippen molar-refractivity contribution in [3.63, 3.8) is 0 Å². The first kappa shape index (κ1) is 25.2. The van der Waals surface area contributed by atoms with Crippen molar-refractivity contribution in [2.24, 2.45) is 28.5 Å². The van der Waals surface area contributed by atoms with E-state index in [1.165, 1.54) is 5.57 Å². The molecule has 0 bridgehead atoms. The van der Waals surface area contributed by atoms with Gasteiger partial charge >= 0.3 is 6.03 Å². The van der Waals surface area contributed by atoms with Crippen molar-refractivity contribution in [3.8, 4) is 0 Å². The summed E-state index contributed by atoms with van der Waals surface area (Å²) < 4.78 is 0. The average Bonchev–Trinajstić information content (AvgIpc) is 3.01. The number of nitrogens with zero attached hydrogens (tertiary/aromatic N) is 3. The predicted octanol–water partition coefficient (Wildman–Crippen LogP) is 4.81. The Labute approximate surface area is 200 Å². The summed E-state index contributed by atoms with van der Waals surface area (Å²) >= 11 is 0. The molecule has 0 saturated carbocycles. The van der Waals surface area contributed by atoms with Crippen LogP contribution in [-0.2, 0) is 0 Å². The summed E-state index contributed by atoms with van der Waals surface area (Å²) in [5.74, 6) is 2.27. The van der Waals surface area contributed by atoms with E-state index in [4.69, 9.17) is 10.7 Å². The number of carbonyl (C=O) groups excluding carboxylic acids is 1. The molecule has 2 aliphatic heterocycles. The molecular weight excluding hydrogens is 410 g/mol. The van der Waals surface area contributed by atoms with E-state index >= 15 is 0 Å². The number of likely N-dealkylation sites (tertiary alicyclic amines) is 1. The van der Waals surface area contributed by atoms with Crippen molar-refractivity contribution in [1.29, 1.82) is 0 Å². The van der Waals surface area contributed by atoms with Crippen LogP contribution in [0.15, 0.2) is 46.8 Å². The smallest absolute Gasteiger partial charge is 0.317 e. The summed E-state index contributed by atoms with van der Waals surface area (Å²) in [4.78, 5) is 21.4. The van der Waals surface area contributed by atoms with E-state index in [9.17, 15) is 4.79 Å². The van der Waals surface area contributed by atoms with E-state index in [-0.39, 0.29) is 11.6 Å². The number of urea groups is 1. The lowest BCUT2D eigenvalue weighted by molar-refractivity contribution is 0.166. The Kier molecular flexibility index (Phi) is 8.47. The van der Waals surface area contributed by atoms with Crippen molar-refractivity contribution in [2.45, 2.75) is 71.8 Å². The molecule has 3 aliphatic rings. The molecular formula is C27H43N5O. The third-order valence-electron chi connectivity index (χ3n) is 7.31. The van der Waals surface area contributed by atoms with E-state index in [1.807, 2.05) is 4.90 Å². The van der Waals surface area contributed by atoms with Gasteiger partial charge in [-0.3, -0.25) is 0 Å². The zero-order valence-electron chi connectivity index (χ0n) is 21.1. The Hall–Kier alpha value is -2.46. The molecule has 0 radical (unpaired) electrons. The van der Waals surface area contributed by atoms with Crippen LogP contribution in [0, 0.1) is 17.8 Å². The van der Waals surface area contributed by atoms with E-state index in [1.54, 1.807) is 0 Å². The molecule has 2 atom stereocenters. The van der Waals surface area contributed by atoms with E-state index in [2.05, 4.69) is 68.4 Å². The summed E-state index contributed by atoms with van der Waals surface area (Å²) in [6.07, 6.45) is 12.6. The van der Waals surface area contributed by atoms with Crippen LogP contribution in [0.3, 0.4) is 0 Å². The van der Waals surface area contributed by atoms with Gasteiger partial charge in [-0.2, -0.15) is 0 Å². The number of guanidine groups is 1. The second kappa shape index (κ2) is 11.1. The highest BCUT2D eigenvalue weighted by molar-refractivity contribution is 5.84. The van der Waals surface area contributed by atoms with E-state index < -0.39 is 0 Å². The van der Waals surface area contributed by atoms with Crippen LogP contribution < -0.4 is 11.1 Å². The van der Waals surface area contributed by atoms with Gasteiger partial charge in [0.15, 0.2) is 5.96 Å². The molecule has 1 saturated heterocycles. The van der Waals surface area contributed by atoms with Crippen LogP contribution in [0.5, 0.6) is 0 Å². The van der Waals surface area contributed by atoms with Crippen LogP contribution in [0.25, 0.3) is 0 Å². The Bertz CT molecular complexity index is 843. The molecule has 6 heteroatoms. The van der Waals surface area contributed by atoms with Crippen LogP contribution in [0.1, 0.15) is 66.2 Å². The molecule has 2 unspecified atom stereocenters. The van der Waals surface area contributed by atoms with Gasteiger partial charge in [-0.25, -0.2) is 9.79 Å². The average molecular weight is 454 g/mol. The van der Waals surface area contributed by atoms with Gasteiger partial charge in [0.1, 0.15) is 5.54 Å². The molecule has 0 aromatic heterocycles. The quantitative estimate of drug-likeness (QED) is 0.518. The number of hydrogen-bond donors (Lipinski definition) is 2. The maximum Gasteiger partial charge on any atom is 0.317 e. The monoisotopic (exact) mass is 453 g/mol. The number of rotatable bonds is 8. The molecule has 0 aromatic carbocycles. The molecule has 0 aromatic rings. The van der Waals surface area contributed by atoms with Crippen molar-refractivity contribution in [3.05, 3.63) is 41.8 Å². The summed E-state index contributed by atoms with van der Waals surface area (Å²) in [6.45, 7) is 15.9. The van der Waals surface area contributed by atoms with Gasteiger partial charge in [0, 0.05) is 26.2 Å². The van der Waals surface area contributed by atoms with Gasteiger partial charge in [0.05, 0.1) is 5.70 Å². The van der Waals surface area contributed by atoms with Crippen LogP contribution in [-0.4, -0.2) is 53.5 Å².